The Bertz CT molecular complexity index is 631. The highest BCUT2D eigenvalue weighted by molar-refractivity contribution is 7.80. The Kier molecular flexibility index (Phi) is 19.7. The van der Waals surface area contributed by atoms with Crippen molar-refractivity contribution in [3.05, 3.63) is 12.2 Å². The van der Waals surface area contributed by atoms with Gasteiger partial charge >= 0.3 is 10.4 Å². The Morgan fingerprint density at radius 1 is 0.882 bits per heavy atom. The summed E-state index contributed by atoms with van der Waals surface area (Å²) in [6, 6.07) is 0. The van der Waals surface area contributed by atoms with Crippen molar-refractivity contribution in [3.63, 3.8) is 0 Å². The molecule has 0 aromatic rings. The highest BCUT2D eigenvalue weighted by atomic mass is 32.3. The van der Waals surface area contributed by atoms with Gasteiger partial charge in [0.05, 0.1) is 5.60 Å². The number of hydrogen-bond acceptors (Lipinski definition) is 4. The zero-order valence-corrected chi connectivity index (χ0v) is 23.3. The maximum Gasteiger partial charge on any atom is 0.397 e. The van der Waals surface area contributed by atoms with E-state index in [1.54, 1.807) is 13.8 Å². The number of allylic oxidation sites excluding steroid dienone is 2. The van der Waals surface area contributed by atoms with Gasteiger partial charge in [0.2, 0.25) is 5.91 Å². The highest BCUT2D eigenvalue weighted by Gasteiger charge is 2.33. The standard InChI is InChI=1S/C27H53NO5S/c1-5-7-8-9-10-11-12-13-14-15-16-17-18-19-20-23-26(29)28-24-21-22-25(6-2)27(3,4)33-34(30,31)32/h13-14,25H,5-12,15-24H2,1-4H3,(H,28,29)(H,30,31,32)/b14-13-. The predicted octanol–water partition coefficient (Wildman–Crippen LogP) is 7.54. The van der Waals surface area contributed by atoms with Crippen LogP contribution in [-0.4, -0.2) is 31.0 Å². The molecule has 0 rings (SSSR count). The Balaban J connectivity index is 3.65. The highest BCUT2D eigenvalue weighted by Crippen LogP contribution is 2.29. The van der Waals surface area contributed by atoms with E-state index in [2.05, 4.69) is 24.4 Å². The molecule has 0 aliphatic carbocycles. The fourth-order valence-corrected chi connectivity index (χ4v) is 5.08. The third-order valence-corrected chi connectivity index (χ3v) is 7.15. The van der Waals surface area contributed by atoms with E-state index in [0.717, 1.165) is 25.7 Å². The fourth-order valence-electron chi connectivity index (χ4n) is 4.40. The molecule has 202 valence electrons. The maximum absolute atomic E-state index is 12.0. The molecule has 2 N–H and O–H groups in total. The summed E-state index contributed by atoms with van der Waals surface area (Å²) in [6.45, 7) is 8.12. The number of nitrogens with one attached hydrogen (secondary N) is 1. The van der Waals surface area contributed by atoms with Crippen LogP contribution in [-0.2, 0) is 19.4 Å². The van der Waals surface area contributed by atoms with Crippen molar-refractivity contribution >= 4 is 16.3 Å². The summed E-state index contributed by atoms with van der Waals surface area (Å²) < 4.78 is 35.9. The molecule has 0 heterocycles. The van der Waals surface area contributed by atoms with E-state index < -0.39 is 16.0 Å². The lowest BCUT2D eigenvalue weighted by atomic mass is 9.85. The molecule has 0 radical (unpaired) electrons. The largest absolute Gasteiger partial charge is 0.397 e. The van der Waals surface area contributed by atoms with Crippen LogP contribution >= 0.6 is 0 Å². The molecule has 34 heavy (non-hydrogen) atoms. The first-order chi connectivity index (χ1) is 16.1. The Hall–Kier alpha value is -0.920. The summed E-state index contributed by atoms with van der Waals surface area (Å²) in [6.07, 6.45) is 23.6. The molecule has 7 heteroatoms. The van der Waals surface area contributed by atoms with Crippen LogP contribution in [0.4, 0.5) is 0 Å². The van der Waals surface area contributed by atoms with Crippen molar-refractivity contribution < 1.29 is 21.9 Å². The summed E-state index contributed by atoms with van der Waals surface area (Å²) in [4.78, 5) is 12.0. The fraction of sp³-hybridized carbons (Fsp3) is 0.889. The van der Waals surface area contributed by atoms with Gasteiger partial charge in [0.15, 0.2) is 0 Å². The Morgan fingerprint density at radius 3 is 1.94 bits per heavy atom. The van der Waals surface area contributed by atoms with Gasteiger partial charge in [0.1, 0.15) is 0 Å². The smallest absolute Gasteiger partial charge is 0.356 e. The SMILES string of the molecule is CCCCCCCC/C=C\CCCCCCCC(=O)NCCCC(CC)C(C)(C)OS(=O)(=O)O. The van der Waals surface area contributed by atoms with Gasteiger partial charge in [0, 0.05) is 13.0 Å². The third kappa shape index (κ3) is 20.5. The summed E-state index contributed by atoms with van der Waals surface area (Å²) in [5.74, 6) is 0.0517. The molecule has 0 aliphatic rings. The van der Waals surface area contributed by atoms with E-state index in [9.17, 15) is 13.2 Å². The quantitative estimate of drug-likeness (QED) is 0.0853. The van der Waals surface area contributed by atoms with Gasteiger partial charge < -0.3 is 5.32 Å². The first kappa shape index (κ1) is 33.1. The van der Waals surface area contributed by atoms with Gasteiger partial charge in [-0.3, -0.25) is 9.35 Å². The second-order valence-corrected chi connectivity index (χ2v) is 11.1. The third-order valence-electron chi connectivity index (χ3n) is 6.51. The summed E-state index contributed by atoms with van der Waals surface area (Å²) in [5.41, 5.74) is -0.976. The summed E-state index contributed by atoms with van der Waals surface area (Å²) in [5, 5.41) is 2.95. The minimum Gasteiger partial charge on any atom is -0.356 e. The van der Waals surface area contributed by atoms with Crippen LogP contribution in [0.2, 0.25) is 0 Å². The molecule has 6 nitrogen and oxygen atoms in total. The van der Waals surface area contributed by atoms with E-state index in [0.29, 0.717) is 19.4 Å². The molecule has 0 saturated heterocycles. The van der Waals surface area contributed by atoms with Crippen LogP contribution in [0.5, 0.6) is 0 Å². The van der Waals surface area contributed by atoms with Crippen molar-refractivity contribution in [1.29, 1.82) is 0 Å². The van der Waals surface area contributed by atoms with Crippen molar-refractivity contribution in [3.8, 4) is 0 Å². The molecule has 0 aliphatic heterocycles. The number of carbonyl (C=O) groups is 1. The van der Waals surface area contributed by atoms with Gasteiger partial charge in [-0.05, 0) is 64.7 Å². The van der Waals surface area contributed by atoms with Crippen molar-refractivity contribution in [1.82, 2.24) is 5.32 Å². The number of rotatable bonds is 23. The van der Waals surface area contributed by atoms with Crippen LogP contribution in [0.1, 0.15) is 137 Å². The molecule has 0 bridgehead atoms. The Morgan fingerprint density at radius 2 is 1.41 bits per heavy atom. The summed E-state index contributed by atoms with van der Waals surface area (Å²) >= 11 is 0. The van der Waals surface area contributed by atoms with E-state index in [-0.39, 0.29) is 11.8 Å². The second kappa shape index (κ2) is 20.3. The average molecular weight is 504 g/mol. The van der Waals surface area contributed by atoms with Crippen LogP contribution in [0.3, 0.4) is 0 Å². The number of amides is 1. The first-order valence-electron chi connectivity index (χ1n) is 13.7. The lowest BCUT2D eigenvalue weighted by Crippen LogP contribution is -2.37. The minimum atomic E-state index is -4.48. The van der Waals surface area contributed by atoms with Gasteiger partial charge in [0.25, 0.3) is 0 Å². The van der Waals surface area contributed by atoms with Crippen molar-refractivity contribution in [2.24, 2.45) is 5.92 Å². The van der Waals surface area contributed by atoms with Crippen molar-refractivity contribution in [2.45, 2.75) is 142 Å². The molecule has 0 saturated carbocycles. The lowest BCUT2D eigenvalue weighted by Gasteiger charge is -2.32. The Labute approximate surface area is 210 Å². The average Bonchev–Trinajstić information content (AvgIpc) is 2.74. The summed E-state index contributed by atoms with van der Waals surface area (Å²) in [7, 11) is -4.48. The zero-order chi connectivity index (χ0) is 25.7. The topological polar surface area (TPSA) is 92.7 Å². The molecule has 1 amide bonds. The van der Waals surface area contributed by atoms with Crippen LogP contribution < -0.4 is 5.32 Å². The van der Waals surface area contributed by atoms with Gasteiger partial charge in [-0.2, -0.15) is 8.42 Å². The van der Waals surface area contributed by atoms with Crippen LogP contribution in [0.25, 0.3) is 0 Å². The van der Waals surface area contributed by atoms with Crippen LogP contribution in [0, 0.1) is 5.92 Å². The normalized spacial score (nSPS) is 13.4. The molecule has 0 fully saturated rings. The zero-order valence-electron chi connectivity index (χ0n) is 22.4. The molecule has 0 aromatic carbocycles. The predicted molar refractivity (Wildman–Crippen MR) is 142 cm³/mol. The van der Waals surface area contributed by atoms with E-state index in [1.165, 1.54) is 70.6 Å². The molecule has 0 spiro atoms. The van der Waals surface area contributed by atoms with E-state index in [1.807, 2.05) is 6.92 Å². The number of carbonyl (C=O) groups excluding carboxylic acids is 1. The number of unbranched alkanes of at least 4 members (excludes halogenated alkanes) is 11. The molecule has 0 aromatic heterocycles. The molecular formula is C27H53NO5S. The van der Waals surface area contributed by atoms with Crippen molar-refractivity contribution in [2.75, 3.05) is 6.54 Å². The second-order valence-electron chi connectivity index (χ2n) is 10.0. The number of hydrogen-bond donors (Lipinski definition) is 2. The van der Waals surface area contributed by atoms with Gasteiger partial charge in [-0.25, -0.2) is 4.18 Å². The lowest BCUT2D eigenvalue weighted by molar-refractivity contribution is -0.121. The van der Waals surface area contributed by atoms with E-state index >= 15 is 0 Å². The maximum atomic E-state index is 12.0. The monoisotopic (exact) mass is 503 g/mol. The van der Waals surface area contributed by atoms with Crippen LogP contribution in [0.15, 0.2) is 12.2 Å². The van der Waals surface area contributed by atoms with E-state index in [4.69, 9.17) is 8.74 Å². The molecule has 1 unspecified atom stereocenters. The van der Waals surface area contributed by atoms with Gasteiger partial charge in [-0.15, -0.1) is 0 Å². The van der Waals surface area contributed by atoms with Gasteiger partial charge in [-0.1, -0.05) is 83.8 Å². The minimum absolute atomic E-state index is 0.0308. The first-order valence-corrected chi connectivity index (χ1v) is 15.1. The molecular weight excluding hydrogens is 450 g/mol. The molecule has 1 atom stereocenters.